The molecule has 0 radical (unpaired) electrons. The Balaban J connectivity index is 1.79. The first-order valence-corrected chi connectivity index (χ1v) is 17.3. The molecule has 1 atom stereocenters. The third-order valence-corrected chi connectivity index (χ3v) is 9.68. The molecule has 10 heteroatoms. The van der Waals surface area contributed by atoms with E-state index >= 15 is 0 Å². The molecule has 0 unspecified atom stereocenters. The van der Waals surface area contributed by atoms with Crippen LogP contribution in [0.4, 0.5) is 5.69 Å². The minimum Gasteiger partial charge on any atom is -0.354 e. The van der Waals surface area contributed by atoms with Crippen molar-refractivity contribution in [2.24, 2.45) is 5.92 Å². The number of carbonyl (C=O) groups is 2. The second-order valence-corrected chi connectivity index (χ2v) is 14.5. The fourth-order valence-corrected chi connectivity index (χ4v) is 6.95. The lowest BCUT2D eigenvalue weighted by Crippen LogP contribution is -2.53. The van der Waals surface area contributed by atoms with Crippen LogP contribution in [0.15, 0.2) is 123 Å². The quantitative estimate of drug-likeness (QED) is 0.163. The molecular weight excluding hydrogens is 706 g/mol. The Morgan fingerprint density at radius 1 is 0.773 bits per heavy atom. The summed E-state index contributed by atoms with van der Waals surface area (Å²) in [6.07, 6.45) is 0.257. The summed E-state index contributed by atoms with van der Waals surface area (Å²) in [7, 11) is -4.15. The summed E-state index contributed by atoms with van der Waals surface area (Å²) in [5.74, 6) is -0.607. The number of anilines is 1. The lowest BCUT2D eigenvalue weighted by atomic mass is 10.0. The van der Waals surface area contributed by atoms with E-state index in [0.29, 0.717) is 16.7 Å². The van der Waals surface area contributed by atoms with Gasteiger partial charge in [0, 0.05) is 28.5 Å². The molecule has 0 fully saturated rings. The fraction of sp³-hybridized carbons (Fsp3) is 0.235. The van der Waals surface area contributed by atoms with E-state index in [9.17, 15) is 18.0 Å². The second kappa shape index (κ2) is 15.5. The molecule has 0 aliphatic heterocycles. The number of amides is 2. The molecular formula is C34H35Br2N3O4S. The fourth-order valence-electron chi connectivity index (χ4n) is 4.69. The first kappa shape index (κ1) is 33.4. The molecule has 2 amide bonds. The molecule has 0 spiro atoms. The van der Waals surface area contributed by atoms with Crippen LogP contribution in [0, 0.1) is 5.92 Å². The molecule has 0 bridgehead atoms. The zero-order chi connectivity index (χ0) is 31.7. The van der Waals surface area contributed by atoms with E-state index in [1.54, 1.807) is 42.5 Å². The van der Waals surface area contributed by atoms with Crippen LogP contribution < -0.4 is 9.62 Å². The van der Waals surface area contributed by atoms with Crippen molar-refractivity contribution >= 4 is 59.4 Å². The van der Waals surface area contributed by atoms with Gasteiger partial charge in [0.1, 0.15) is 12.6 Å². The topological polar surface area (TPSA) is 86.8 Å². The molecule has 0 aliphatic carbocycles. The Labute approximate surface area is 276 Å². The van der Waals surface area contributed by atoms with Crippen molar-refractivity contribution in [1.29, 1.82) is 0 Å². The lowest BCUT2D eigenvalue weighted by molar-refractivity contribution is -0.140. The van der Waals surface area contributed by atoms with Crippen LogP contribution in [0.5, 0.6) is 0 Å². The van der Waals surface area contributed by atoms with Crippen LogP contribution in [-0.2, 0) is 32.6 Å². The van der Waals surface area contributed by atoms with Crippen LogP contribution in [0.3, 0.4) is 0 Å². The molecule has 1 N–H and O–H groups in total. The van der Waals surface area contributed by atoms with Gasteiger partial charge in [0.2, 0.25) is 11.8 Å². The molecule has 230 valence electrons. The lowest BCUT2D eigenvalue weighted by Gasteiger charge is -2.34. The van der Waals surface area contributed by atoms with Gasteiger partial charge in [0.15, 0.2) is 0 Å². The van der Waals surface area contributed by atoms with Gasteiger partial charge >= 0.3 is 0 Å². The Morgan fingerprint density at radius 3 is 1.98 bits per heavy atom. The predicted octanol–water partition coefficient (Wildman–Crippen LogP) is 6.82. The minimum atomic E-state index is -4.15. The van der Waals surface area contributed by atoms with E-state index in [0.717, 1.165) is 19.9 Å². The van der Waals surface area contributed by atoms with Gasteiger partial charge < -0.3 is 10.2 Å². The molecule has 7 nitrogen and oxygen atoms in total. The summed E-state index contributed by atoms with van der Waals surface area (Å²) in [6, 6.07) is 30.9. The first-order valence-electron chi connectivity index (χ1n) is 14.2. The summed E-state index contributed by atoms with van der Waals surface area (Å²) in [4.78, 5) is 29.8. The summed E-state index contributed by atoms with van der Waals surface area (Å²) in [6.45, 7) is 4.03. The van der Waals surface area contributed by atoms with Crippen molar-refractivity contribution in [1.82, 2.24) is 10.2 Å². The zero-order valence-corrected chi connectivity index (χ0v) is 28.6. The second-order valence-electron chi connectivity index (χ2n) is 10.8. The Bertz CT molecular complexity index is 1670. The highest BCUT2D eigenvalue weighted by Crippen LogP contribution is 2.27. The highest BCUT2D eigenvalue weighted by molar-refractivity contribution is 9.10. The number of hydrogen-bond acceptors (Lipinski definition) is 4. The number of carbonyl (C=O) groups excluding carboxylic acids is 2. The number of halogens is 2. The van der Waals surface area contributed by atoms with Crippen molar-refractivity contribution in [3.8, 4) is 0 Å². The van der Waals surface area contributed by atoms with Gasteiger partial charge in [-0.15, -0.1) is 0 Å². The third kappa shape index (κ3) is 9.03. The molecule has 0 saturated heterocycles. The SMILES string of the molecule is CC(C)CNC(=O)[C@H](Cc1ccccc1)N(Cc1cccc(Br)c1)C(=O)CN(c1cccc(Br)c1)S(=O)(=O)c1ccccc1. The van der Waals surface area contributed by atoms with Gasteiger partial charge in [-0.1, -0.05) is 112 Å². The average Bonchev–Trinajstić information content (AvgIpc) is 3.01. The van der Waals surface area contributed by atoms with Crippen LogP contribution in [0.1, 0.15) is 25.0 Å². The third-order valence-electron chi connectivity index (χ3n) is 6.90. The monoisotopic (exact) mass is 739 g/mol. The number of nitrogens with zero attached hydrogens (tertiary/aromatic N) is 2. The minimum absolute atomic E-state index is 0.0572. The van der Waals surface area contributed by atoms with Gasteiger partial charge in [0.25, 0.3) is 10.0 Å². The van der Waals surface area contributed by atoms with Crippen molar-refractivity contribution in [2.45, 2.75) is 37.8 Å². The maximum atomic E-state index is 14.5. The molecule has 4 aromatic carbocycles. The summed E-state index contributed by atoms with van der Waals surface area (Å²) < 4.78 is 30.7. The molecule has 0 heterocycles. The van der Waals surface area contributed by atoms with E-state index in [1.807, 2.05) is 68.4 Å². The molecule has 4 aromatic rings. The summed E-state index contributed by atoms with van der Waals surface area (Å²) in [5, 5.41) is 3.00. The normalized spacial score (nSPS) is 12.0. The van der Waals surface area contributed by atoms with Gasteiger partial charge in [-0.05, 0) is 59.5 Å². The largest absolute Gasteiger partial charge is 0.354 e. The highest BCUT2D eigenvalue weighted by Gasteiger charge is 2.34. The van der Waals surface area contributed by atoms with Crippen molar-refractivity contribution in [3.63, 3.8) is 0 Å². The Kier molecular flexibility index (Phi) is 11.8. The molecule has 0 aromatic heterocycles. The maximum Gasteiger partial charge on any atom is 0.264 e. The van der Waals surface area contributed by atoms with E-state index in [1.165, 1.54) is 17.0 Å². The van der Waals surface area contributed by atoms with Crippen molar-refractivity contribution in [2.75, 3.05) is 17.4 Å². The number of benzene rings is 4. The number of rotatable bonds is 13. The standard InChI is InChI=1S/C34H35Br2N3O4S/c1-25(2)22-37-34(41)32(20-26-11-5-3-6-12-26)38(23-27-13-9-14-28(35)19-27)33(40)24-39(30-16-10-15-29(36)21-30)44(42,43)31-17-7-4-8-18-31/h3-19,21,25,32H,20,22-24H2,1-2H3,(H,37,41)/t32-/m0/s1. The number of hydrogen-bond donors (Lipinski definition) is 1. The summed E-state index contributed by atoms with van der Waals surface area (Å²) in [5.41, 5.74) is 2.00. The maximum absolute atomic E-state index is 14.5. The Morgan fingerprint density at radius 2 is 1.36 bits per heavy atom. The van der Waals surface area contributed by atoms with E-state index in [2.05, 4.69) is 37.2 Å². The van der Waals surface area contributed by atoms with Gasteiger partial charge in [-0.3, -0.25) is 13.9 Å². The van der Waals surface area contributed by atoms with E-state index in [4.69, 9.17) is 0 Å². The predicted molar refractivity (Wildman–Crippen MR) is 182 cm³/mol. The van der Waals surface area contributed by atoms with Crippen LogP contribution in [-0.4, -0.2) is 44.3 Å². The average molecular weight is 742 g/mol. The van der Waals surface area contributed by atoms with E-state index in [-0.39, 0.29) is 29.7 Å². The Hall–Kier alpha value is -3.47. The molecule has 0 saturated carbocycles. The van der Waals surface area contributed by atoms with Crippen molar-refractivity contribution < 1.29 is 18.0 Å². The first-order chi connectivity index (χ1) is 21.0. The molecule has 44 heavy (non-hydrogen) atoms. The van der Waals surface area contributed by atoms with Crippen LogP contribution in [0.2, 0.25) is 0 Å². The number of nitrogens with one attached hydrogen (secondary N) is 1. The van der Waals surface area contributed by atoms with Gasteiger partial charge in [0.05, 0.1) is 10.6 Å². The van der Waals surface area contributed by atoms with E-state index < -0.39 is 28.5 Å². The van der Waals surface area contributed by atoms with Crippen LogP contribution in [0.25, 0.3) is 0 Å². The summed E-state index contributed by atoms with van der Waals surface area (Å²) >= 11 is 6.94. The van der Waals surface area contributed by atoms with Crippen molar-refractivity contribution in [3.05, 3.63) is 129 Å². The van der Waals surface area contributed by atoms with Gasteiger partial charge in [-0.2, -0.15) is 0 Å². The zero-order valence-electron chi connectivity index (χ0n) is 24.6. The van der Waals surface area contributed by atoms with Crippen LogP contribution >= 0.6 is 31.9 Å². The van der Waals surface area contributed by atoms with Gasteiger partial charge in [-0.25, -0.2) is 8.42 Å². The highest BCUT2D eigenvalue weighted by atomic mass is 79.9. The number of sulfonamides is 1. The molecule has 4 rings (SSSR count). The smallest absolute Gasteiger partial charge is 0.264 e. The molecule has 0 aliphatic rings.